The molecule has 25 heavy (non-hydrogen) atoms. The summed E-state index contributed by atoms with van der Waals surface area (Å²) in [6.45, 7) is 8.10. The molecule has 0 aromatic heterocycles. The number of halogens is 2. The minimum atomic E-state index is -0.521. The van der Waals surface area contributed by atoms with Crippen LogP contribution in [0.2, 0.25) is 10.0 Å². The van der Waals surface area contributed by atoms with E-state index in [1.807, 2.05) is 0 Å². The van der Waals surface area contributed by atoms with Crippen LogP contribution in [0, 0.1) is 0 Å². The van der Waals surface area contributed by atoms with Crippen LogP contribution in [0.4, 0.5) is 4.79 Å². The maximum atomic E-state index is 12.1. The van der Waals surface area contributed by atoms with E-state index in [4.69, 9.17) is 27.9 Å². The predicted octanol–water partition coefficient (Wildman–Crippen LogP) is 4.51. The molecule has 0 saturated carbocycles. The lowest BCUT2D eigenvalue weighted by molar-refractivity contribution is -0.120. The van der Waals surface area contributed by atoms with E-state index in [2.05, 4.69) is 10.6 Å². The van der Waals surface area contributed by atoms with Crippen LogP contribution < -0.4 is 10.6 Å². The van der Waals surface area contributed by atoms with E-state index in [0.29, 0.717) is 29.6 Å². The number of benzene rings is 1. The third-order valence-electron chi connectivity index (χ3n) is 2.89. The molecule has 1 aromatic carbocycles. The fourth-order valence-electron chi connectivity index (χ4n) is 1.76. The summed E-state index contributed by atoms with van der Waals surface area (Å²) in [7, 11) is 0. The van der Waals surface area contributed by atoms with Crippen LogP contribution in [-0.4, -0.2) is 35.9 Å². The number of ether oxygens (including phenoxy) is 1. The van der Waals surface area contributed by atoms with Gasteiger partial charge in [-0.1, -0.05) is 23.2 Å². The van der Waals surface area contributed by atoms with Crippen molar-refractivity contribution >= 4 is 47.0 Å². The van der Waals surface area contributed by atoms with E-state index >= 15 is 0 Å². The Bertz CT molecular complexity index is 606. The molecule has 0 aliphatic carbocycles. The van der Waals surface area contributed by atoms with Crippen LogP contribution in [0.3, 0.4) is 0 Å². The minimum Gasteiger partial charge on any atom is -0.444 e. The molecule has 1 unspecified atom stereocenters. The Hall–Kier alpha value is -1.11. The van der Waals surface area contributed by atoms with Gasteiger partial charge in [-0.05, 0) is 52.3 Å². The normalized spacial score (nSPS) is 12.4. The summed E-state index contributed by atoms with van der Waals surface area (Å²) in [5.41, 5.74) is -0.521. The number of nitrogens with one attached hydrogen (secondary N) is 2. The molecule has 0 spiro atoms. The van der Waals surface area contributed by atoms with Crippen molar-refractivity contribution < 1.29 is 14.3 Å². The lowest BCUT2D eigenvalue weighted by Crippen LogP contribution is -2.36. The highest BCUT2D eigenvalue weighted by molar-refractivity contribution is 8.00. The third kappa shape index (κ3) is 9.23. The van der Waals surface area contributed by atoms with Crippen LogP contribution >= 0.6 is 35.0 Å². The van der Waals surface area contributed by atoms with Crippen molar-refractivity contribution in [3.05, 3.63) is 28.2 Å². The maximum Gasteiger partial charge on any atom is 0.407 e. The standard InChI is InChI=1S/C17H24Cl2N2O3S/c1-11(25-14-10-12(18)6-7-13(14)19)15(22)20-8-5-9-21-16(23)24-17(2,3)4/h6-7,10-11H,5,8-9H2,1-4H3,(H,20,22)(H,21,23). The number of hydrogen-bond donors (Lipinski definition) is 2. The number of alkyl carbamates (subject to hydrolysis) is 1. The van der Waals surface area contributed by atoms with Gasteiger partial charge in [0.05, 0.1) is 10.3 Å². The number of thioether (sulfide) groups is 1. The van der Waals surface area contributed by atoms with Gasteiger partial charge in [0.15, 0.2) is 0 Å². The average molecular weight is 407 g/mol. The highest BCUT2D eigenvalue weighted by Crippen LogP contribution is 2.32. The molecule has 1 atom stereocenters. The SMILES string of the molecule is CC(Sc1cc(Cl)ccc1Cl)C(=O)NCCCNC(=O)OC(C)(C)C. The lowest BCUT2D eigenvalue weighted by Gasteiger charge is -2.19. The molecule has 8 heteroatoms. The second-order valence-corrected chi connectivity index (χ2v) is 8.63. The number of carbonyl (C=O) groups excluding carboxylic acids is 2. The topological polar surface area (TPSA) is 67.4 Å². The van der Waals surface area contributed by atoms with E-state index in [9.17, 15) is 9.59 Å². The van der Waals surface area contributed by atoms with Crippen molar-refractivity contribution in [2.75, 3.05) is 13.1 Å². The zero-order chi connectivity index (χ0) is 19.0. The highest BCUT2D eigenvalue weighted by atomic mass is 35.5. The van der Waals surface area contributed by atoms with Gasteiger partial charge in [-0.2, -0.15) is 0 Å². The number of hydrogen-bond acceptors (Lipinski definition) is 4. The Morgan fingerprint density at radius 2 is 1.84 bits per heavy atom. The van der Waals surface area contributed by atoms with Crippen LogP contribution in [0.1, 0.15) is 34.1 Å². The summed E-state index contributed by atoms with van der Waals surface area (Å²) >= 11 is 13.4. The molecule has 0 aliphatic heterocycles. The number of carbonyl (C=O) groups is 2. The Morgan fingerprint density at radius 3 is 2.48 bits per heavy atom. The van der Waals surface area contributed by atoms with E-state index in [0.717, 1.165) is 4.90 Å². The molecule has 0 saturated heterocycles. The van der Waals surface area contributed by atoms with Crippen molar-refractivity contribution in [3.8, 4) is 0 Å². The molecule has 1 aromatic rings. The van der Waals surface area contributed by atoms with Crippen molar-refractivity contribution in [3.63, 3.8) is 0 Å². The maximum absolute atomic E-state index is 12.1. The van der Waals surface area contributed by atoms with Gasteiger partial charge < -0.3 is 15.4 Å². The number of rotatable bonds is 7. The van der Waals surface area contributed by atoms with E-state index in [1.54, 1.807) is 45.9 Å². The smallest absolute Gasteiger partial charge is 0.407 e. The molecular formula is C17H24Cl2N2O3S. The summed E-state index contributed by atoms with van der Waals surface area (Å²) in [4.78, 5) is 24.4. The Balaban J connectivity index is 2.28. The van der Waals surface area contributed by atoms with E-state index in [-0.39, 0.29) is 11.2 Å². The van der Waals surface area contributed by atoms with Crippen LogP contribution in [0.5, 0.6) is 0 Å². The van der Waals surface area contributed by atoms with Crippen molar-refractivity contribution in [1.82, 2.24) is 10.6 Å². The van der Waals surface area contributed by atoms with E-state index in [1.165, 1.54) is 11.8 Å². The molecule has 0 bridgehead atoms. The fourth-order valence-corrected chi connectivity index (χ4v) is 3.19. The van der Waals surface area contributed by atoms with Gasteiger partial charge in [-0.25, -0.2) is 4.79 Å². The molecule has 0 heterocycles. The first kappa shape index (κ1) is 21.9. The molecule has 2 amide bonds. The first-order valence-corrected chi connectivity index (χ1v) is 9.58. The zero-order valence-electron chi connectivity index (χ0n) is 14.8. The van der Waals surface area contributed by atoms with Gasteiger partial charge in [0.1, 0.15) is 5.60 Å². The third-order valence-corrected chi connectivity index (χ3v) is 4.72. The van der Waals surface area contributed by atoms with Gasteiger partial charge >= 0.3 is 6.09 Å². The minimum absolute atomic E-state index is 0.0988. The largest absolute Gasteiger partial charge is 0.444 e. The summed E-state index contributed by atoms with van der Waals surface area (Å²) in [5, 5.41) is 6.31. The van der Waals surface area contributed by atoms with Crippen LogP contribution in [-0.2, 0) is 9.53 Å². The molecule has 140 valence electrons. The summed E-state index contributed by atoms with van der Waals surface area (Å²) in [5.74, 6) is -0.0988. The van der Waals surface area contributed by atoms with Gasteiger partial charge in [0.25, 0.3) is 0 Å². The molecule has 2 N–H and O–H groups in total. The summed E-state index contributed by atoms with van der Waals surface area (Å²) < 4.78 is 5.13. The lowest BCUT2D eigenvalue weighted by atomic mass is 10.2. The van der Waals surface area contributed by atoms with Gasteiger partial charge in [-0.15, -0.1) is 11.8 Å². The average Bonchev–Trinajstić information content (AvgIpc) is 2.48. The Labute approximate surface area is 163 Å². The van der Waals surface area contributed by atoms with Gasteiger partial charge in [0, 0.05) is 23.0 Å². The van der Waals surface area contributed by atoms with E-state index < -0.39 is 11.7 Å². The van der Waals surface area contributed by atoms with Gasteiger partial charge in [-0.3, -0.25) is 4.79 Å². The molecule has 5 nitrogen and oxygen atoms in total. The first-order chi connectivity index (χ1) is 11.6. The number of amides is 2. The molecule has 0 fully saturated rings. The zero-order valence-corrected chi connectivity index (χ0v) is 17.1. The second kappa shape index (κ2) is 10.1. The molecule has 0 radical (unpaired) electrons. The van der Waals surface area contributed by atoms with Crippen LogP contribution in [0.15, 0.2) is 23.1 Å². The second-order valence-electron chi connectivity index (χ2n) is 6.41. The monoisotopic (exact) mass is 406 g/mol. The fraction of sp³-hybridized carbons (Fsp3) is 0.529. The summed E-state index contributed by atoms with van der Waals surface area (Å²) in [6, 6.07) is 5.15. The quantitative estimate of drug-likeness (QED) is 0.516. The first-order valence-electron chi connectivity index (χ1n) is 7.95. The van der Waals surface area contributed by atoms with Crippen LogP contribution in [0.25, 0.3) is 0 Å². The Morgan fingerprint density at radius 1 is 1.20 bits per heavy atom. The summed E-state index contributed by atoms with van der Waals surface area (Å²) in [6.07, 6.45) is 0.152. The molecule has 1 rings (SSSR count). The Kier molecular flexibility index (Phi) is 8.89. The van der Waals surface area contributed by atoms with Gasteiger partial charge in [0.2, 0.25) is 5.91 Å². The highest BCUT2D eigenvalue weighted by Gasteiger charge is 2.17. The van der Waals surface area contributed by atoms with Crippen molar-refractivity contribution in [1.29, 1.82) is 0 Å². The van der Waals surface area contributed by atoms with Crippen molar-refractivity contribution in [2.45, 2.75) is 49.9 Å². The predicted molar refractivity (Wildman–Crippen MR) is 104 cm³/mol. The molecule has 0 aliphatic rings. The molecular weight excluding hydrogens is 383 g/mol. The van der Waals surface area contributed by atoms with Crippen molar-refractivity contribution in [2.24, 2.45) is 0 Å².